The van der Waals surface area contributed by atoms with E-state index in [0.29, 0.717) is 0 Å². The molecule has 0 aromatic heterocycles. The molecule has 0 bridgehead atoms. The molecule has 0 heterocycles. The summed E-state index contributed by atoms with van der Waals surface area (Å²) in [5.74, 6) is -1.29. The van der Waals surface area contributed by atoms with Crippen molar-refractivity contribution >= 4 is 17.7 Å². The first-order valence-electron chi connectivity index (χ1n) is 4.48. The summed E-state index contributed by atoms with van der Waals surface area (Å²) in [4.78, 5) is 32.7. The molecule has 0 rings (SSSR count). The average Bonchev–Trinajstić information content (AvgIpc) is 2.00. The first kappa shape index (κ1) is 13.4. The van der Waals surface area contributed by atoms with Gasteiger partial charge in [0.05, 0.1) is 6.42 Å². The highest BCUT2D eigenvalue weighted by Gasteiger charge is 2.13. The smallest absolute Gasteiger partial charge is 0.335 e. The lowest BCUT2D eigenvalue weighted by atomic mass is 10.3. The molecule has 0 fully saturated rings. The lowest BCUT2D eigenvalue weighted by molar-refractivity contribution is -0.146. The van der Waals surface area contributed by atoms with E-state index < -0.39 is 18.1 Å². The number of ether oxygens (including phenoxy) is 1. The molecule has 1 amide bonds. The van der Waals surface area contributed by atoms with Crippen LogP contribution < -0.4 is 5.32 Å². The molecule has 0 saturated heterocycles. The highest BCUT2D eigenvalue weighted by Crippen LogP contribution is 1.96. The molecule has 5 heteroatoms. The van der Waals surface area contributed by atoms with E-state index in [0.717, 1.165) is 0 Å². The number of hydrogen-bond donors (Lipinski definition) is 1. The summed E-state index contributed by atoms with van der Waals surface area (Å²) in [5.41, 5.74) is 0.252. The normalized spacial score (nSPS) is 11.4. The fourth-order valence-electron chi connectivity index (χ4n) is 0.794. The van der Waals surface area contributed by atoms with Crippen LogP contribution in [-0.2, 0) is 19.1 Å². The van der Waals surface area contributed by atoms with Gasteiger partial charge in [-0.05, 0) is 20.8 Å². The van der Waals surface area contributed by atoms with Crippen LogP contribution in [0.2, 0.25) is 0 Å². The van der Waals surface area contributed by atoms with Gasteiger partial charge >= 0.3 is 5.97 Å². The zero-order chi connectivity index (χ0) is 12.0. The minimum absolute atomic E-state index is 0.213. The zero-order valence-electron chi connectivity index (χ0n) is 9.12. The Hall–Kier alpha value is -1.65. The SMILES string of the molecule is C=C(C)C(=O)OC(C)NC(=O)CC(C)=O. The molecule has 0 aliphatic heterocycles. The molecular formula is C10H15NO4. The molecule has 0 saturated carbocycles. The Bertz CT molecular complexity index is 296. The van der Waals surface area contributed by atoms with E-state index in [1.165, 1.54) is 20.8 Å². The second-order valence-corrected chi connectivity index (χ2v) is 3.27. The number of hydrogen-bond acceptors (Lipinski definition) is 4. The van der Waals surface area contributed by atoms with E-state index >= 15 is 0 Å². The van der Waals surface area contributed by atoms with Gasteiger partial charge in [0.2, 0.25) is 5.91 Å². The van der Waals surface area contributed by atoms with Crippen LogP contribution in [0, 0.1) is 0 Å². The summed E-state index contributed by atoms with van der Waals surface area (Å²) < 4.78 is 4.78. The lowest BCUT2D eigenvalue weighted by Gasteiger charge is -2.14. The van der Waals surface area contributed by atoms with Gasteiger partial charge in [0.25, 0.3) is 0 Å². The first-order valence-corrected chi connectivity index (χ1v) is 4.48. The number of ketones is 1. The molecule has 1 N–H and O–H groups in total. The predicted molar refractivity (Wildman–Crippen MR) is 53.8 cm³/mol. The molecule has 5 nitrogen and oxygen atoms in total. The maximum absolute atomic E-state index is 11.1. The molecule has 0 aliphatic rings. The molecule has 0 aliphatic carbocycles. The summed E-state index contributed by atoms with van der Waals surface area (Å²) in [5, 5.41) is 2.35. The van der Waals surface area contributed by atoms with Crippen molar-refractivity contribution in [3.05, 3.63) is 12.2 Å². The van der Waals surface area contributed by atoms with Crippen molar-refractivity contribution in [2.75, 3.05) is 0 Å². The van der Waals surface area contributed by atoms with Gasteiger partial charge in [0.1, 0.15) is 5.78 Å². The Kier molecular flexibility index (Phi) is 5.30. The van der Waals surface area contributed by atoms with Crippen molar-refractivity contribution in [3.8, 4) is 0 Å². The lowest BCUT2D eigenvalue weighted by Crippen LogP contribution is -2.36. The number of carbonyl (C=O) groups excluding carboxylic acids is 3. The van der Waals surface area contributed by atoms with Crippen LogP contribution in [-0.4, -0.2) is 23.9 Å². The largest absolute Gasteiger partial charge is 0.439 e. The fourth-order valence-corrected chi connectivity index (χ4v) is 0.794. The van der Waals surface area contributed by atoms with Gasteiger partial charge < -0.3 is 10.1 Å². The maximum atomic E-state index is 11.1. The third-order valence-corrected chi connectivity index (χ3v) is 1.41. The van der Waals surface area contributed by atoms with Gasteiger partial charge in [0.15, 0.2) is 6.23 Å². The van der Waals surface area contributed by atoms with E-state index in [-0.39, 0.29) is 17.8 Å². The highest BCUT2D eigenvalue weighted by atomic mass is 16.6. The van der Waals surface area contributed by atoms with Crippen LogP contribution in [0.3, 0.4) is 0 Å². The van der Waals surface area contributed by atoms with Crippen molar-refractivity contribution in [1.82, 2.24) is 5.32 Å². The van der Waals surface area contributed by atoms with Crippen molar-refractivity contribution < 1.29 is 19.1 Å². The van der Waals surface area contributed by atoms with Gasteiger partial charge in [-0.1, -0.05) is 6.58 Å². The van der Waals surface area contributed by atoms with Crippen LogP contribution in [0.1, 0.15) is 27.2 Å². The highest BCUT2D eigenvalue weighted by molar-refractivity contribution is 5.97. The van der Waals surface area contributed by atoms with Gasteiger partial charge in [-0.3, -0.25) is 9.59 Å². The monoisotopic (exact) mass is 213 g/mol. The standard InChI is InChI=1S/C10H15NO4/c1-6(2)10(14)15-8(4)11-9(13)5-7(3)12/h8H,1,5H2,2-4H3,(H,11,13). The average molecular weight is 213 g/mol. The molecular weight excluding hydrogens is 198 g/mol. The zero-order valence-corrected chi connectivity index (χ0v) is 9.12. The second kappa shape index (κ2) is 5.95. The second-order valence-electron chi connectivity index (χ2n) is 3.27. The van der Waals surface area contributed by atoms with Crippen molar-refractivity contribution in [2.24, 2.45) is 0 Å². The number of nitrogens with one attached hydrogen (secondary N) is 1. The molecule has 1 atom stereocenters. The number of Topliss-reactive ketones (excluding diaryl/α,β-unsaturated/α-hetero) is 1. The van der Waals surface area contributed by atoms with E-state index in [4.69, 9.17) is 4.74 Å². The van der Waals surface area contributed by atoms with E-state index in [2.05, 4.69) is 11.9 Å². The molecule has 0 spiro atoms. The molecule has 1 unspecified atom stereocenters. The van der Waals surface area contributed by atoms with Gasteiger partial charge in [-0.15, -0.1) is 0 Å². The Balaban J connectivity index is 3.98. The van der Waals surface area contributed by atoms with Crippen LogP contribution >= 0.6 is 0 Å². The summed E-state index contributed by atoms with van der Waals surface area (Å²) in [6.45, 7) is 7.71. The Morgan fingerprint density at radius 2 is 1.87 bits per heavy atom. The summed E-state index contributed by atoms with van der Waals surface area (Å²) in [6.07, 6.45) is -0.976. The third kappa shape index (κ3) is 6.42. The van der Waals surface area contributed by atoms with E-state index in [1.807, 2.05) is 0 Å². The van der Waals surface area contributed by atoms with Crippen LogP contribution in [0.5, 0.6) is 0 Å². The molecule has 0 radical (unpaired) electrons. The quantitative estimate of drug-likeness (QED) is 0.313. The van der Waals surface area contributed by atoms with Gasteiger partial charge in [0, 0.05) is 5.57 Å². The third-order valence-electron chi connectivity index (χ3n) is 1.41. The molecule has 0 aromatic rings. The van der Waals surface area contributed by atoms with Crippen LogP contribution in [0.4, 0.5) is 0 Å². The number of esters is 1. The van der Waals surface area contributed by atoms with E-state index in [1.54, 1.807) is 0 Å². The molecule has 0 aromatic carbocycles. The predicted octanol–water partition coefficient (Wildman–Crippen LogP) is 0.547. The maximum Gasteiger partial charge on any atom is 0.335 e. The van der Waals surface area contributed by atoms with Crippen LogP contribution in [0.25, 0.3) is 0 Å². The van der Waals surface area contributed by atoms with Crippen molar-refractivity contribution in [1.29, 1.82) is 0 Å². The van der Waals surface area contributed by atoms with Crippen molar-refractivity contribution in [3.63, 3.8) is 0 Å². The summed E-state index contributed by atoms with van der Waals surface area (Å²) in [7, 11) is 0. The number of carbonyl (C=O) groups is 3. The summed E-state index contributed by atoms with van der Waals surface area (Å²) in [6, 6.07) is 0. The summed E-state index contributed by atoms with van der Waals surface area (Å²) >= 11 is 0. The van der Waals surface area contributed by atoms with Crippen LogP contribution in [0.15, 0.2) is 12.2 Å². The van der Waals surface area contributed by atoms with Crippen molar-refractivity contribution in [2.45, 2.75) is 33.4 Å². The first-order chi connectivity index (χ1) is 6.82. The Morgan fingerprint density at radius 3 is 2.27 bits per heavy atom. The minimum atomic E-state index is -0.763. The molecule has 84 valence electrons. The topological polar surface area (TPSA) is 72.5 Å². The molecule has 15 heavy (non-hydrogen) atoms. The number of amides is 1. The van der Waals surface area contributed by atoms with E-state index in [9.17, 15) is 14.4 Å². The Labute approximate surface area is 88.5 Å². The fraction of sp³-hybridized carbons (Fsp3) is 0.500. The van der Waals surface area contributed by atoms with Gasteiger partial charge in [-0.2, -0.15) is 0 Å². The number of rotatable bonds is 5. The minimum Gasteiger partial charge on any atom is -0.439 e. The van der Waals surface area contributed by atoms with Gasteiger partial charge in [-0.25, -0.2) is 4.79 Å². The Morgan fingerprint density at radius 1 is 1.33 bits per heavy atom.